The first-order valence-corrected chi connectivity index (χ1v) is 7.70. The van der Waals surface area contributed by atoms with Gasteiger partial charge in [-0.25, -0.2) is 0 Å². The van der Waals surface area contributed by atoms with Gasteiger partial charge in [0.25, 0.3) is 0 Å². The van der Waals surface area contributed by atoms with Gasteiger partial charge >= 0.3 is 0 Å². The van der Waals surface area contributed by atoms with Crippen molar-refractivity contribution in [1.82, 2.24) is 10.2 Å². The Morgan fingerprint density at radius 3 is 2.60 bits per heavy atom. The van der Waals surface area contributed by atoms with E-state index in [9.17, 15) is 0 Å². The first-order chi connectivity index (χ1) is 9.88. The summed E-state index contributed by atoms with van der Waals surface area (Å²) in [5.41, 5.74) is 1.34. The second-order valence-corrected chi connectivity index (χ2v) is 6.20. The van der Waals surface area contributed by atoms with E-state index in [4.69, 9.17) is 9.47 Å². The first-order valence-electron chi connectivity index (χ1n) is 7.70. The third kappa shape index (κ3) is 2.38. The van der Waals surface area contributed by atoms with Crippen LogP contribution in [-0.2, 0) is 6.54 Å². The van der Waals surface area contributed by atoms with E-state index in [1.807, 2.05) is 0 Å². The molecule has 0 aliphatic carbocycles. The Labute approximate surface area is 120 Å². The van der Waals surface area contributed by atoms with Crippen LogP contribution in [0.25, 0.3) is 0 Å². The van der Waals surface area contributed by atoms with E-state index < -0.39 is 0 Å². The Kier molecular flexibility index (Phi) is 3.28. The van der Waals surface area contributed by atoms with E-state index >= 15 is 0 Å². The summed E-state index contributed by atoms with van der Waals surface area (Å²) in [5, 5.41) is 3.49. The van der Waals surface area contributed by atoms with Crippen LogP contribution in [0.2, 0.25) is 0 Å². The molecule has 1 aromatic carbocycles. The van der Waals surface area contributed by atoms with E-state index in [1.165, 1.54) is 31.7 Å². The number of nitrogens with one attached hydrogen (secondary N) is 1. The van der Waals surface area contributed by atoms with E-state index in [-0.39, 0.29) is 0 Å². The number of hydrogen-bond donors (Lipinski definition) is 1. The van der Waals surface area contributed by atoms with Gasteiger partial charge in [-0.1, -0.05) is 6.07 Å². The van der Waals surface area contributed by atoms with Gasteiger partial charge in [-0.2, -0.15) is 0 Å². The lowest BCUT2D eigenvalue weighted by Crippen LogP contribution is -2.25. The summed E-state index contributed by atoms with van der Waals surface area (Å²) in [6, 6.07) is 6.40. The summed E-state index contributed by atoms with van der Waals surface area (Å²) in [5.74, 6) is 3.53. The largest absolute Gasteiger partial charge is 0.490 e. The average Bonchev–Trinajstić information content (AvgIpc) is 2.93. The van der Waals surface area contributed by atoms with E-state index in [0.29, 0.717) is 0 Å². The van der Waals surface area contributed by atoms with Crippen LogP contribution in [0.15, 0.2) is 18.2 Å². The highest BCUT2D eigenvalue weighted by molar-refractivity contribution is 5.43. The predicted molar refractivity (Wildman–Crippen MR) is 77.2 cm³/mol. The van der Waals surface area contributed by atoms with Crippen molar-refractivity contribution >= 4 is 0 Å². The fourth-order valence-electron chi connectivity index (χ4n) is 3.65. The van der Waals surface area contributed by atoms with E-state index in [0.717, 1.165) is 49.5 Å². The molecule has 3 aliphatic heterocycles. The van der Waals surface area contributed by atoms with Crippen molar-refractivity contribution in [2.75, 3.05) is 39.4 Å². The average molecular weight is 274 g/mol. The summed E-state index contributed by atoms with van der Waals surface area (Å²) < 4.78 is 11.5. The molecule has 108 valence electrons. The summed E-state index contributed by atoms with van der Waals surface area (Å²) in [6.45, 7) is 7.40. The number of nitrogens with zero attached hydrogens (tertiary/aromatic N) is 1. The Morgan fingerprint density at radius 2 is 1.80 bits per heavy atom. The van der Waals surface area contributed by atoms with Crippen LogP contribution in [0, 0.1) is 11.8 Å². The van der Waals surface area contributed by atoms with Crippen molar-refractivity contribution in [2.24, 2.45) is 11.8 Å². The third-order valence-electron chi connectivity index (χ3n) is 4.68. The fraction of sp³-hybridized carbons (Fsp3) is 0.625. The molecule has 2 atom stereocenters. The first kappa shape index (κ1) is 12.5. The van der Waals surface area contributed by atoms with E-state index in [2.05, 4.69) is 28.4 Å². The molecule has 0 amide bonds. The number of likely N-dealkylation sites (tertiary alicyclic amines) is 1. The standard InChI is InChI=1S/C16H22N2O2/c1-4-19-15-3-2-12(6-16(15)20-5-1)9-18-10-13-7-17-8-14(13)11-18/h2-3,6,13-14,17H,1,4-5,7-11H2. The van der Waals surface area contributed by atoms with Gasteiger partial charge in [0, 0.05) is 26.1 Å². The number of fused-ring (bicyclic) bond motifs is 2. The van der Waals surface area contributed by atoms with Crippen molar-refractivity contribution in [3.63, 3.8) is 0 Å². The Balaban J connectivity index is 1.45. The molecule has 4 rings (SSSR count). The molecule has 3 aliphatic rings. The number of rotatable bonds is 2. The van der Waals surface area contributed by atoms with E-state index in [1.54, 1.807) is 0 Å². The van der Waals surface area contributed by atoms with Crippen LogP contribution in [0.1, 0.15) is 12.0 Å². The van der Waals surface area contributed by atoms with Crippen molar-refractivity contribution in [3.05, 3.63) is 23.8 Å². The SMILES string of the molecule is c1cc2c(cc1CN1CC3CNCC3C1)OCCCO2. The minimum absolute atomic E-state index is 0.759. The monoisotopic (exact) mass is 274 g/mol. The topological polar surface area (TPSA) is 33.7 Å². The molecular weight excluding hydrogens is 252 g/mol. The Hall–Kier alpha value is -1.26. The molecule has 1 N–H and O–H groups in total. The molecule has 0 saturated carbocycles. The molecule has 0 radical (unpaired) electrons. The minimum atomic E-state index is 0.759. The van der Waals surface area contributed by atoms with Gasteiger partial charge in [-0.3, -0.25) is 4.90 Å². The molecule has 4 nitrogen and oxygen atoms in total. The van der Waals surface area contributed by atoms with Crippen LogP contribution in [0.4, 0.5) is 0 Å². The fourth-order valence-corrected chi connectivity index (χ4v) is 3.65. The van der Waals surface area contributed by atoms with Gasteiger partial charge in [0.05, 0.1) is 13.2 Å². The zero-order valence-corrected chi connectivity index (χ0v) is 11.8. The molecule has 3 heterocycles. The molecule has 4 heteroatoms. The van der Waals surface area contributed by atoms with Crippen LogP contribution < -0.4 is 14.8 Å². The summed E-state index contributed by atoms with van der Waals surface area (Å²) in [4.78, 5) is 2.58. The number of benzene rings is 1. The third-order valence-corrected chi connectivity index (χ3v) is 4.68. The summed E-state index contributed by atoms with van der Waals surface area (Å²) >= 11 is 0. The smallest absolute Gasteiger partial charge is 0.161 e. The summed E-state index contributed by atoms with van der Waals surface area (Å²) in [6.07, 6.45) is 0.965. The zero-order chi connectivity index (χ0) is 13.4. The van der Waals surface area contributed by atoms with Crippen molar-refractivity contribution in [3.8, 4) is 11.5 Å². The minimum Gasteiger partial charge on any atom is -0.490 e. The molecule has 2 fully saturated rings. The normalized spacial score (nSPS) is 29.2. The molecule has 1 aromatic rings. The quantitative estimate of drug-likeness (QED) is 0.886. The van der Waals surface area contributed by atoms with Gasteiger partial charge in [0.2, 0.25) is 0 Å². The van der Waals surface area contributed by atoms with Crippen LogP contribution in [0.3, 0.4) is 0 Å². The highest BCUT2D eigenvalue weighted by atomic mass is 16.5. The Bertz CT molecular complexity index is 479. The molecule has 0 bridgehead atoms. The maximum absolute atomic E-state index is 5.77. The number of ether oxygens (including phenoxy) is 2. The Morgan fingerprint density at radius 1 is 1.05 bits per heavy atom. The van der Waals surface area contributed by atoms with Crippen molar-refractivity contribution in [1.29, 1.82) is 0 Å². The second-order valence-electron chi connectivity index (χ2n) is 6.20. The molecule has 2 saturated heterocycles. The molecular formula is C16H22N2O2. The molecule has 0 spiro atoms. The van der Waals surface area contributed by atoms with Gasteiger partial charge in [0.1, 0.15) is 0 Å². The van der Waals surface area contributed by atoms with Gasteiger partial charge in [0.15, 0.2) is 11.5 Å². The lowest BCUT2D eigenvalue weighted by atomic mass is 10.0. The van der Waals surface area contributed by atoms with Crippen molar-refractivity contribution < 1.29 is 9.47 Å². The lowest BCUT2D eigenvalue weighted by molar-refractivity contribution is 0.296. The van der Waals surface area contributed by atoms with Crippen LogP contribution in [-0.4, -0.2) is 44.3 Å². The highest BCUT2D eigenvalue weighted by Gasteiger charge is 2.35. The number of hydrogen-bond acceptors (Lipinski definition) is 4. The molecule has 2 unspecified atom stereocenters. The van der Waals surface area contributed by atoms with Gasteiger partial charge in [-0.15, -0.1) is 0 Å². The lowest BCUT2D eigenvalue weighted by Gasteiger charge is -2.18. The van der Waals surface area contributed by atoms with Crippen LogP contribution >= 0.6 is 0 Å². The summed E-state index contributed by atoms with van der Waals surface area (Å²) in [7, 11) is 0. The van der Waals surface area contributed by atoms with Crippen molar-refractivity contribution in [2.45, 2.75) is 13.0 Å². The second kappa shape index (κ2) is 5.26. The maximum atomic E-state index is 5.77. The van der Waals surface area contributed by atoms with Gasteiger partial charge < -0.3 is 14.8 Å². The van der Waals surface area contributed by atoms with Crippen LogP contribution in [0.5, 0.6) is 11.5 Å². The zero-order valence-electron chi connectivity index (χ0n) is 11.8. The van der Waals surface area contributed by atoms with Gasteiger partial charge in [-0.05, 0) is 42.6 Å². The predicted octanol–water partition coefficient (Wildman–Crippen LogP) is 1.50. The maximum Gasteiger partial charge on any atom is 0.161 e. The molecule has 0 aromatic heterocycles. The molecule has 20 heavy (non-hydrogen) atoms. The highest BCUT2D eigenvalue weighted by Crippen LogP contribution is 2.32.